The SMILES string of the molecule is CCOc1ccc(CC(=O)N(C2CC2)C2CCS(=O)(=O)C2)cc1. The Kier molecular flexibility index (Phi) is 4.62. The molecule has 1 aromatic rings. The first kappa shape index (κ1) is 16.3. The van der Waals surface area contributed by atoms with Crippen LogP contribution in [0.1, 0.15) is 31.7 Å². The summed E-state index contributed by atoms with van der Waals surface area (Å²) in [5.41, 5.74) is 0.935. The van der Waals surface area contributed by atoms with E-state index in [9.17, 15) is 13.2 Å². The molecule has 2 fully saturated rings. The summed E-state index contributed by atoms with van der Waals surface area (Å²) < 4.78 is 28.8. The number of hydrogen-bond donors (Lipinski definition) is 0. The lowest BCUT2D eigenvalue weighted by atomic mass is 10.1. The molecule has 5 nitrogen and oxygen atoms in total. The number of carbonyl (C=O) groups is 1. The molecule has 3 rings (SSSR count). The second kappa shape index (κ2) is 6.51. The topological polar surface area (TPSA) is 63.7 Å². The Labute approximate surface area is 137 Å². The van der Waals surface area contributed by atoms with Crippen molar-refractivity contribution in [1.29, 1.82) is 0 Å². The van der Waals surface area contributed by atoms with Gasteiger partial charge >= 0.3 is 0 Å². The van der Waals surface area contributed by atoms with Crippen LogP contribution in [-0.2, 0) is 21.1 Å². The Hall–Kier alpha value is -1.56. The number of benzene rings is 1. The number of rotatable bonds is 6. The average molecular weight is 337 g/mol. The van der Waals surface area contributed by atoms with E-state index >= 15 is 0 Å². The molecule has 2 aliphatic rings. The average Bonchev–Trinajstić information content (AvgIpc) is 3.25. The summed E-state index contributed by atoms with van der Waals surface area (Å²) in [6.45, 7) is 2.55. The van der Waals surface area contributed by atoms with Gasteiger partial charge < -0.3 is 9.64 Å². The molecule has 1 atom stereocenters. The van der Waals surface area contributed by atoms with Gasteiger partial charge in [-0.1, -0.05) is 12.1 Å². The van der Waals surface area contributed by atoms with Crippen LogP contribution >= 0.6 is 0 Å². The van der Waals surface area contributed by atoms with Crippen LogP contribution in [0.2, 0.25) is 0 Å². The Bertz CT molecular complexity index is 664. The Balaban J connectivity index is 1.67. The van der Waals surface area contributed by atoms with Crippen molar-refractivity contribution in [2.24, 2.45) is 0 Å². The van der Waals surface area contributed by atoms with Gasteiger partial charge in [0.1, 0.15) is 5.75 Å². The van der Waals surface area contributed by atoms with Gasteiger partial charge in [-0.2, -0.15) is 0 Å². The van der Waals surface area contributed by atoms with Crippen LogP contribution < -0.4 is 4.74 Å². The second-order valence-electron chi connectivity index (χ2n) is 6.34. The second-order valence-corrected chi connectivity index (χ2v) is 8.57. The molecular formula is C17H23NO4S. The fraction of sp³-hybridized carbons (Fsp3) is 0.588. The van der Waals surface area contributed by atoms with Gasteiger partial charge in [0.2, 0.25) is 5.91 Å². The number of sulfone groups is 1. The van der Waals surface area contributed by atoms with Crippen molar-refractivity contribution in [3.63, 3.8) is 0 Å². The van der Waals surface area contributed by atoms with E-state index in [2.05, 4.69) is 0 Å². The number of nitrogens with zero attached hydrogens (tertiary/aromatic N) is 1. The van der Waals surface area contributed by atoms with E-state index in [4.69, 9.17) is 4.74 Å². The fourth-order valence-electron chi connectivity index (χ4n) is 3.19. The van der Waals surface area contributed by atoms with Crippen molar-refractivity contribution in [2.75, 3.05) is 18.1 Å². The van der Waals surface area contributed by atoms with Crippen LogP contribution in [-0.4, -0.2) is 49.4 Å². The molecule has 1 heterocycles. The van der Waals surface area contributed by atoms with E-state index in [-0.39, 0.29) is 29.5 Å². The quantitative estimate of drug-likeness (QED) is 0.794. The zero-order valence-corrected chi connectivity index (χ0v) is 14.2. The van der Waals surface area contributed by atoms with Gasteiger partial charge in [0.25, 0.3) is 0 Å². The minimum atomic E-state index is -2.97. The molecule has 1 amide bonds. The Morgan fingerprint density at radius 2 is 1.87 bits per heavy atom. The van der Waals surface area contributed by atoms with Crippen molar-refractivity contribution in [3.05, 3.63) is 29.8 Å². The van der Waals surface area contributed by atoms with E-state index in [1.165, 1.54) is 0 Å². The molecule has 6 heteroatoms. The summed E-state index contributed by atoms with van der Waals surface area (Å²) in [6.07, 6.45) is 2.88. The summed E-state index contributed by atoms with van der Waals surface area (Å²) in [4.78, 5) is 14.6. The molecule has 1 saturated carbocycles. The van der Waals surface area contributed by atoms with Gasteiger partial charge in [-0.25, -0.2) is 8.42 Å². The number of carbonyl (C=O) groups excluding carboxylic acids is 1. The molecule has 1 aliphatic carbocycles. The first-order valence-corrected chi connectivity index (χ1v) is 10.0. The smallest absolute Gasteiger partial charge is 0.227 e. The highest BCUT2D eigenvalue weighted by Gasteiger charge is 2.41. The minimum absolute atomic E-state index is 0.0405. The summed E-state index contributed by atoms with van der Waals surface area (Å²) >= 11 is 0. The van der Waals surface area contributed by atoms with Crippen LogP contribution in [0.5, 0.6) is 5.75 Å². The molecule has 1 aromatic carbocycles. The van der Waals surface area contributed by atoms with Crippen LogP contribution in [0.15, 0.2) is 24.3 Å². The summed E-state index contributed by atoms with van der Waals surface area (Å²) in [5, 5.41) is 0. The van der Waals surface area contributed by atoms with E-state index in [0.717, 1.165) is 24.2 Å². The van der Waals surface area contributed by atoms with Gasteiger partial charge in [0.05, 0.1) is 24.5 Å². The zero-order chi connectivity index (χ0) is 16.4. The molecule has 1 unspecified atom stereocenters. The molecule has 0 bridgehead atoms. The van der Waals surface area contributed by atoms with Gasteiger partial charge in [-0.3, -0.25) is 4.79 Å². The summed E-state index contributed by atoms with van der Waals surface area (Å²) in [5.74, 6) is 1.17. The van der Waals surface area contributed by atoms with Crippen molar-refractivity contribution in [1.82, 2.24) is 4.90 Å². The van der Waals surface area contributed by atoms with Crippen molar-refractivity contribution >= 4 is 15.7 Å². The number of ether oxygens (including phenoxy) is 1. The lowest BCUT2D eigenvalue weighted by Gasteiger charge is -2.28. The third-order valence-electron chi connectivity index (χ3n) is 4.42. The predicted octanol–water partition coefficient (Wildman–Crippen LogP) is 1.81. The molecule has 0 spiro atoms. The number of amides is 1. The Morgan fingerprint density at radius 1 is 1.17 bits per heavy atom. The first-order valence-electron chi connectivity index (χ1n) is 8.22. The molecule has 0 radical (unpaired) electrons. The summed E-state index contributed by atoms with van der Waals surface area (Å²) in [6, 6.07) is 7.64. The maximum absolute atomic E-state index is 12.7. The predicted molar refractivity (Wildman–Crippen MR) is 88.2 cm³/mol. The number of hydrogen-bond acceptors (Lipinski definition) is 4. The Morgan fingerprint density at radius 3 is 2.39 bits per heavy atom. The zero-order valence-electron chi connectivity index (χ0n) is 13.4. The minimum Gasteiger partial charge on any atom is -0.494 e. The van der Waals surface area contributed by atoms with Crippen LogP contribution in [0, 0.1) is 0 Å². The van der Waals surface area contributed by atoms with E-state index in [1.807, 2.05) is 36.1 Å². The molecule has 126 valence electrons. The highest BCUT2D eigenvalue weighted by Crippen LogP contribution is 2.32. The monoisotopic (exact) mass is 337 g/mol. The van der Waals surface area contributed by atoms with Gasteiger partial charge in [-0.05, 0) is 43.9 Å². The summed E-state index contributed by atoms with van der Waals surface area (Å²) in [7, 11) is -2.97. The van der Waals surface area contributed by atoms with E-state index in [0.29, 0.717) is 19.4 Å². The first-order chi connectivity index (χ1) is 11.0. The molecule has 1 saturated heterocycles. The van der Waals surface area contributed by atoms with Crippen molar-refractivity contribution in [2.45, 2.75) is 44.7 Å². The van der Waals surface area contributed by atoms with Crippen LogP contribution in [0.4, 0.5) is 0 Å². The van der Waals surface area contributed by atoms with Crippen LogP contribution in [0.25, 0.3) is 0 Å². The van der Waals surface area contributed by atoms with Crippen molar-refractivity contribution in [3.8, 4) is 5.75 Å². The standard InChI is InChI=1S/C17H23NO4S/c1-2-22-16-7-3-13(4-8-16)11-17(19)18(14-5-6-14)15-9-10-23(20,21)12-15/h3-4,7-8,14-15H,2,5-6,9-12H2,1H3. The third-order valence-corrected chi connectivity index (χ3v) is 6.17. The largest absolute Gasteiger partial charge is 0.494 e. The molecule has 0 N–H and O–H groups in total. The lowest BCUT2D eigenvalue weighted by molar-refractivity contribution is -0.133. The molecule has 23 heavy (non-hydrogen) atoms. The van der Waals surface area contributed by atoms with E-state index < -0.39 is 9.84 Å². The van der Waals surface area contributed by atoms with Gasteiger partial charge in [-0.15, -0.1) is 0 Å². The van der Waals surface area contributed by atoms with Crippen LogP contribution in [0.3, 0.4) is 0 Å². The maximum atomic E-state index is 12.7. The highest BCUT2D eigenvalue weighted by molar-refractivity contribution is 7.91. The fourth-order valence-corrected chi connectivity index (χ4v) is 4.90. The third kappa shape index (κ3) is 4.05. The normalized spacial score (nSPS) is 22.7. The molecule has 0 aromatic heterocycles. The highest BCUT2D eigenvalue weighted by atomic mass is 32.2. The van der Waals surface area contributed by atoms with Gasteiger partial charge in [0, 0.05) is 12.1 Å². The molecule has 1 aliphatic heterocycles. The van der Waals surface area contributed by atoms with Gasteiger partial charge in [0.15, 0.2) is 9.84 Å². The molecular weight excluding hydrogens is 314 g/mol. The van der Waals surface area contributed by atoms with Crippen molar-refractivity contribution < 1.29 is 17.9 Å². The van der Waals surface area contributed by atoms with E-state index in [1.54, 1.807) is 0 Å². The maximum Gasteiger partial charge on any atom is 0.227 e. The lowest BCUT2D eigenvalue weighted by Crippen LogP contribution is -2.43.